The summed E-state index contributed by atoms with van der Waals surface area (Å²) in [5, 5.41) is 2.08. The number of hydrogen-bond acceptors (Lipinski definition) is 2. The molecule has 0 unspecified atom stereocenters. The van der Waals surface area contributed by atoms with Crippen molar-refractivity contribution in [3.8, 4) is 0 Å². The maximum atomic E-state index is 10.2. The van der Waals surface area contributed by atoms with E-state index < -0.39 is 0 Å². The molecule has 12 heavy (non-hydrogen) atoms. The predicted octanol–water partition coefficient (Wildman–Crippen LogP) is 3.43. The van der Waals surface area contributed by atoms with E-state index in [4.69, 9.17) is 0 Å². The van der Waals surface area contributed by atoms with E-state index in [1.54, 1.807) is 11.3 Å². The fourth-order valence-corrected chi connectivity index (χ4v) is 1.14. The number of Topliss-reactive ketones (excluding diaryl/α,β-unsaturated/α-hetero) is 1. The summed E-state index contributed by atoms with van der Waals surface area (Å²) in [5.74, 6) is 0.343. The number of ketones is 1. The summed E-state index contributed by atoms with van der Waals surface area (Å²) < 4.78 is 0. The molecular weight excluding hydrogens is 168 g/mol. The number of carbonyl (C=O) groups excluding carboxylic acids is 1. The van der Waals surface area contributed by atoms with Crippen LogP contribution >= 0.6 is 11.3 Å². The quantitative estimate of drug-likeness (QED) is 0.688. The molecule has 1 rings (SSSR count). The molecule has 0 saturated carbocycles. The Morgan fingerprint density at radius 3 is 2.08 bits per heavy atom. The highest BCUT2D eigenvalue weighted by atomic mass is 32.1. The van der Waals surface area contributed by atoms with Gasteiger partial charge >= 0.3 is 0 Å². The molecule has 0 fully saturated rings. The molecule has 0 radical (unpaired) electrons. The van der Waals surface area contributed by atoms with Crippen LogP contribution in [0.5, 0.6) is 0 Å². The van der Waals surface area contributed by atoms with Gasteiger partial charge in [0.25, 0.3) is 0 Å². The molecule has 0 saturated heterocycles. The average molecular weight is 184 g/mol. The Bertz CT molecular complexity index is 196. The Morgan fingerprint density at radius 2 is 2.00 bits per heavy atom. The molecule has 0 bridgehead atoms. The molecule has 68 valence electrons. The van der Waals surface area contributed by atoms with Gasteiger partial charge in [0.2, 0.25) is 0 Å². The van der Waals surface area contributed by atoms with Gasteiger partial charge in [-0.2, -0.15) is 0 Å². The van der Waals surface area contributed by atoms with Crippen LogP contribution in [0, 0.1) is 6.92 Å². The first-order valence-corrected chi connectivity index (χ1v) is 5.10. The van der Waals surface area contributed by atoms with E-state index in [1.165, 1.54) is 4.88 Å². The third-order valence-electron chi connectivity index (χ3n) is 1.45. The van der Waals surface area contributed by atoms with Crippen molar-refractivity contribution in [2.75, 3.05) is 0 Å². The lowest BCUT2D eigenvalue weighted by molar-refractivity contribution is -0.118. The van der Waals surface area contributed by atoms with Gasteiger partial charge in [-0.3, -0.25) is 4.79 Å². The van der Waals surface area contributed by atoms with Crippen molar-refractivity contribution in [3.05, 3.63) is 22.4 Å². The Hall–Kier alpha value is -0.630. The third-order valence-corrected chi connectivity index (χ3v) is 2.25. The van der Waals surface area contributed by atoms with Gasteiger partial charge in [0.15, 0.2) is 0 Å². The topological polar surface area (TPSA) is 17.1 Å². The van der Waals surface area contributed by atoms with Crippen LogP contribution in [-0.2, 0) is 4.79 Å². The zero-order chi connectivity index (χ0) is 9.40. The zero-order valence-electron chi connectivity index (χ0n) is 7.96. The monoisotopic (exact) mass is 184 g/mol. The highest BCUT2D eigenvalue weighted by Crippen LogP contribution is 2.03. The van der Waals surface area contributed by atoms with Crippen LogP contribution in [0.25, 0.3) is 0 Å². The molecule has 0 spiro atoms. The van der Waals surface area contributed by atoms with Crippen molar-refractivity contribution in [2.24, 2.45) is 0 Å². The number of thiophene rings is 1. The van der Waals surface area contributed by atoms with Crippen molar-refractivity contribution in [3.63, 3.8) is 0 Å². The van der Waals surface area contributed by atoms with Gasteiger partial charge < -0.3 is 0 Å². The second-order valence-electron chi connectivity index (χ2n) is 2.47. The van der Waals surface area contributed by atoms with E-state index in [0.29, 0.717) is 18.6 Å². The third kappa shape index (κ3) is 6.10. The largest absolute Gasteiger partial charge is 0.300 e. The van der Waals surface area contributed by atoms with Gasteiger partial charge in [-0.1, -0.05) is 19.9 Å². The normalized spacial score (nSPS) is 8.58. The molecule has 0 aliphatic carbocycles. The number of rotatable bonds is 2. The number of carbonyl (C=O) groups is 1. The Kier molecular flexibility index (Phi) is 6.67. The zero-order valence-corrected chi connectivity index (χ0v) is 8.78. The molecule has 0 N–H and O–H groups in total. The van der Waals surface area contributed by atoms with Crippen LogP contribution in [-0.4, -0.2) is 5.78 Å². The van der Waals surface area contributed by atoms with E-state index in [9.17, 15) is 4.79 Å². The van der Waals surface area contributed by atoms with Crippen LogP contribution < -0.4 is 0 Å². The molecule has 0 aliphatic heterocycles. The van der Waals surface area contributed by atoms with Crippen LogP contribution in [0.1, 0.15) is 31.6 Å². The van der Waals surface area contributed by atoms with Gasteiger partial charge in [0.1, 0.15) is 5.78 Å². The summed E-state index contributed by atoms with van der Waals surface area (Å²) in [4.78, 5) is 11.6. The minimum Gasteiger partial charge on any atom is -0.300 e. The summed E-state index contributed by atoms with van der Waals surface area (Å²) in [7, 11) is 0. The van der Waals surface area contributed by atoms with Crippen LogP contribution in [0.2, 0.25) is 0 Å². The highest BCUT2D eigenvalue weighted by Gasteiger charge is 1.86. The van der Waals surface area contributed by atoms with E-state index >= 15 is 0 Å². The second kappa shape index (κ2) is 7.04. The molecular formula is C10H16OS. The van der Waals surface area contributed by atoms with Crippen molar-refractivity contribution in [1.82, 2.24) is 0 Å². The van der Waals surface area contributed by atoms with Gasteiger partial charge in [-0.25, -0.2) is 0 Å². The molecule has 1 aromatic heterocycles. The summed E-state index contributed by atoms with van der Waals surface area (Å²) in [6, 6.07) is 4.16. The van der Waals surface area contributed by atoms with Gasteiger partial charge in [0.05, 0.1) is 0 Å². The van der Waals surface area contributed by atoms with Gasteiger partial charge in [-0.05, 0) is 18.4 Å². The van der Waals surface area contributed by atoms with E-state index in [2.05, 4.69) is 24.4 Å². The second-order valence-corrected chi connectivity index (χ2v) is 3.62. The predicted molar refractivity (Wildman–Crippen MR) is 54.6 cm³/mol. The van der Waals surface area contributed by atoms with Gasteiger partial charge in [0, 0.05) is 17.7 Å². The molecule has 1 nitrogen and oxygen atoms in total. The lowest BCUT2D eigenvalue weighted by Gasteiger charge is -1.81. The lowest BCUT2D eigenvalue weighted by Crippen LogP contribution is -1.88. The minimum atomic E-state index is 0.343. The summed E-state index contributed by atoms with van der Waals surface area (Å²) in [6.07, 6.45) is 1.38. The minimum absolute atomic E-state index is 0.343. The molecule has 2 heteroatoms. The smallest absolute Gasteiger partial charge is 0.132 e. The maximum Gasteiger partial charge on any atom is 0.132 e. The fraction of sp³-hybridized carbons (Fsp3) is 0.500. The maximum absolute atomic E-state index is 10.2. The Balaban J connectivity index is 0.000000202. The van der Waals surface area contributed by atoms with Crippen molar-refractivity contribution < 1.29 is 4.79 Å². The standard InChI is InChI=1S/C5H10O.C5H6S/c1-3-5(6)4-2;1-5-3-2-4-6-5/h3-4H2,1-2H3;2-4H,1H3. The summed E-state index contributed by atoms with van der Waals surface area (Å²) in [5.41, 5.74) is 0. The van der Waals surface area contributed by atoms with E-state index in [0.717, 1.165) is 0 Å². The van der Waals surface area contributed by atoms with Crippen LogP contribution in [0.15, 0.2) is 17.5 Å². The van der Waals surface area contributed by atoms with Gasteiger partial charge in [-0.15, -0.1) is 11.3 Å². The van der Waals surface area contributed by atoms with Crippen molar-refractivity contribution in [1.29, 1.82) is 0 Å². The van der Waals surface area contributed by atoms with E-state index in [-0.39, 0.29) is 0 Å². The Morgan fingerprint density at radius 1 is 1.42 bits per heavy atom. The summed E-state index contributed by atoms with van der Waals surface area (Å²) >= 11 is 1.78. The van der Waals surface area contributed by atoms with Crippen molar-refractivity contribution in [2.45, 2.75) is 33.6 Å². The molecule has 1 aromatic rings. The first-order valence-electron chi connectivity index (χ1n) is 4.22. The lowest BCUT2D eigenvalue weighted by atomic mass is 10.3. The Labute approximate surface area is 78.4 Å². The molecule has 1 heterocycles. The molecule has 0 aromatic carbocycles. The average Bonchev–Trinajstić information content (AvgIpc) is 2.55. The van der Waals surface area contributed by atoms with Crippen LogP contribution in [0.3, 0.4) is 0 Å². The fourth-order valence-electron chi connectivity index (χ4n) is 0.611. The SMILES string of the molecule is CCC(=O)CC.Cc1cccs1. The highest BCUT2D eigenvalue weighted by molar-refractivity contribution is 7.09. The summed E-state index contributed by atoms with van der Waals surface area (Å²) in [6.45, 7) is 5.86. The first-order chi connectivity index (χ1) is 5.70. The van der Waals surface area contributed by atoms with E-state index in [1.807, 2.05) is 13.8 Å². The van der Waals surface area contributed by atoms with Crippen LogP contribution in [0.4, 0.5) is 0 Å². The number of aryl methyl sites for hydroxylation is 1. The molecule has 0 atom stereocenters. The molecule has 0 aliphatic rings. The molecule has 0 amide bonds. The first kappa shape index (κ1) is 11.4. The van der Waals surface area contributed by atoms with Crippen molar-refractivity contribution >= 4 is 17.1 Å². The number of hydrogen-bond donors (Lipinski definition) is 0.